The van der Waals surface area contributed by atoms with Gasteiger partial charge in [-0.15, -0.1) is 0 Å². The third kappa shape index (κ3) is 6.87. The monoisotopic (exact) mass is 473 g/mol. The van der Waals surface area contributed by atoms with Gasteiger partial charge in [0.2, 0.25) is 5.91 Å². The largest absolute Gasteiger partial charge is 0.492 e. The quantitative estimate of drug-likeness (QED) is 0.242. The first-order valence-electron chi connectivity index (χ1n) is 9.78. The van der Waals surface area contributed by atoms with Crippen LogP contribution in [0.3, 0.4) is 0 Å². The number of nitrogens with one attached hydrogen (secondary N) is 2. The Morgan fingerprint density at radius 2 is 1.88 bits per heavy atom. The SMILES string of the molecule is CC(=NNC(=O)CCCOc1ccc(Cl)cc1Cl)c1ccc(NC(=O)c2ccco2)cc1. The van der Waals surface area contributed by atoms with Crippen molar-refractivity contribution in [2.45, 2.75) is 19.8 Å². The second kappa shape index (κ2) is 11.4. The Bertz CT molecular complexity index is 1100. The van der Waals surface area contributed by atoms with Crippen molar-refractivity contribution in [3.05, 3.63) is 82.2 Å². The number of nitrogens with zero attached hydrogens (tertiary/aromatic N) is 1. The molecule has 0 aliphatic carbocycles. The minimum absolute atomic E-state index is 0.225. The predicted octanol–water partition coefficient (Wildman–Crippen LogP) is 5.54. The molecule has 0 spiro atoms. The zero-order valence-corrected chi connectivity index (χ0v) is 18.7. The van der Waals surface area contributed by atoms with Crippen molar-refractivity contribution in [1.82, 2.24) is 5.43 Å². The van der Waals surface area contributed by atoms with E-state index in [2.05, 4.69) is 15.8 Å². The van der Waals surface area contributed by atoms with Crippen LogP contribution in [0.25, 0.3) is 0 Å². The van der Waals surface area contributed by atoms with Crippen LogP contribution in [-0.4, -0.2) is 24.1 Å². The number of hydrogen-bond acceptors (Lipinski definition) is 5. The maximum atomic E-state index is 12.0. The molecular weight excluding hydrogens is 453 g/mol. The Morgan fingerprint density at radius 3 is 2.56 bits per heavy atom. The van der Waals surface area contributed by atoms with E-state index in [0.717, 1.165) is 5.56 Å². The molecule has 0 unspecified atom stereocenters. The van der Waals surface area contributed by atoms with E-state index in [1.165, 1.54) is 6.26 Å². The molecule has 7 nitrogen and oxygen atoms in total. The molecule has 2 aromatic carbocycles. The summed E-state index contributed by atoms with van der Waals surface area (Å²) >= 11 is 11.9. The molecule has 9 heteroatoms. The first kappa shape index (κ1) is 23.4. The molecule has 0 radical (unpaired) electrons. The van der Waals surface area contributed by atoms with Crippen LogP contribution in [0.1, 0.15) is 35.9 Å². The third-order valence-corrected chi connectivity index (χ3v) is 4.88. The number of amides is 2. The molecule has 0 saturated heterocycles. The molecule has 0 saturated carbocycles. The molecule has 0 fully saturated rings. The van der Waals surface area contributed by atoms with E-state index in [9.17, 15) is 9.59 Å². The Labute approximate surface area is 195 Å². The van der Waals surface area contributed by atoms with Crippen LogP contribution >= 0.6 is 23.2 Å². The summed E-state index contributed by atoms with van der Waals surface area (Å²) in [6.07, 6.45) is 2.19. The molecular formula is C23H21Cl2N3O4. The molecule has 3 rings (SSSR count). The fourth-order valence-corrected chi connectivity index (χ4v) is 3.13. The molecule has 0 bridgehead atoms. The molecule has 2 amide bonds. The van der Waals surface area contributed by atoms with Crippen LogP contribution in [0.2, 0.25) is 10.0 Å². The average molecular weight is 474 g/mol. The molecule has 32 heavy (non-hydrogen) atoms. The Morgan fingerprint density at radius 1 is 1.09 bits per heavy atom. The summed E-state index contributed by atoms with van der Waals surface area (Å²) in [6, 6.07) is 15.3. The highest BCUT2D eigenvalue weighted by Gasteiger charge is 2.09. The summed E-state index contributed by atoms with van der Waals surface area (Å²) < 4.78 is 10.6. The maximum absolute atomic E-state index is 12.0. The Hall–Kier alpha value is -3.29. The highest BCUT2D eigenvalue weighted by atomic mass is 35.5. The van der Waals surface area contributed by atoms with Crippen LogP contribution in [0.15, 0.2) is 70.4 Å². The van der Waals surface area contributed by atoms with Gasteiger partial charge in [-0.1, -0.05) is 35.3 Å². The topological polar surface area (TPSA) is 92.9 Å². The molecule has 3 aromatic rings. The van der Waals surface area contributed by atoms with Gasteiger partial charge in [0, 0.05) is 17.1 Å². The van der Waals surface area contributed by atoms with Crippen LogP contribution in [0, 0.1) is 0 Å². The number of benzene rings is 2. The minimum Gasteiger partial charge on any atom is -0.492 e. The fourth-order valence-electron chi connectivity index (χ4n) is 2.67. The summed E-state index contributed by atoms with van der Waals surface area (Å²) in [7, 11) is 0. The lowest BCUT2D eigenvalue weighted by Crippen LogP contribution is -2.19. The number of ether oxygens (including phenoxy) is 1. The number of furan rings is 1. The van der Waals surface area contributed by atoms with Crippen molar-refractivity contribution < 1.29 is 18.7 Å². The van der Waals surface area contributed by atoms with E-state index in [0.29, 0.717) is 40.2 Å². The van der Waals surface area contributed by atoms with Gasteiger partial charge in [-0.3, -0.25) is 9.59 Å². The van der Waals surface area contributed by atoms with Gasteiger partial charge in [-0.05, 0) is 61.4 Å². The molecule has 166 valence electrons. The fraction of sp³-hybridized carbons (Fsp3) is 0.174. The lowest BCUT2D eigenvalue weighted by Gasteiger charge is -2.08. The van der Waals surface area contributed by atoms with Crippen LogP contribution in [-0.2, 0) is 4.79 Å². The lowest BCUT2D eigenvalue weighted by molar-refractivity contribution is -0.121. The van der Waals surface area contributed by atoms with Crippen molar-refractivity contribution in [1.29, 1.82) is 0 Å². The number of carbonyl (C=O) groups excluding carboxylic acids is 2. The minimum atomic E-state index is -0.331. The maximum Gasteiger partial charge on any atom is 0.291 e. The number of rotatable bonds is 9. The van der Waals surface area contributed by atoms with Crippen LogP contribution < -0.4 is 15.5 Å². The lowest BCUT2D eigenvalue weighted by atomic mass is 10.1. The summed E-state index contributed by atoms with van der Waals surface area (Å²) in [5.74, 6) is 0.200. The van der Waals surface area contributed by atoms with E-state index in [-0.39, 0.29) is 24.0 Å². The highest BCUT2D eigenvalue weighted by molar-refractivity contribution is 6.35. The Balaban J connectivity index is 1.42. The van der Waals surface area contributed by atoms with Gasteiger partial charge in [-0.2, -0.15) is 5.10 Å². The third-order valence-electron chi connectivity index (χ3n) is 4.35. The van der Waals surface area contributed by atoms with Gasteiger partial charge in [0.05, 0.1) is 23.6 Å². The van der Waals surface area contributed by atoms with Crippen molar-refractivity contribution in [2.75, 3.05) is 11.9 Å². The first-order chi connectivity index (χ1) is 15.4. The second-order valence-corrected chi connectivity index (χ2v) is 7.61. The standard InChI is InChI=1S/C23H21Cl2N3O4/c1-15(16-6-9-18(10-7-16)26-23(30)21-4-2-12-32-21)27-28-22(29)5-3-13-31-20-11-8-17(24)14-19(20)25/h2,4,6-12,14H,3,5,13H2,1H3,(H,26,30)(H,28,29). The van der Waals surface area contributed by atoms with E-state index in [1.54, 1.807) is 61.5 Å². The van der Waals surface area contributed by atoms with Gasteiger partial charge in [0.1, 0.15) is 5.75 Å². The van der Waals surface area contributed by atoms with Crippen molar-refractivity contribution in [3.8, 4) is 5.75 Å². The van der Waals surface area contributed by atoms with Crippen molar-refractivity contribution >= 4 is 46.4 Å². The summed E-state index contributed by atoms with van der Waals surface area (Å²) in [5, 5.41) is 7.82. The Kier molecular flexibility index (Phi) is 8.30. The van der Waals surface area contributed by atoms with E-state index >= 15 is 0 Å². The molecule has 0 atom stereocenters. The van der Waals surface area contributed by atoms with Gasteiger partial charge in [0.15, 0.2) is 5.76 Å². The molecule has 1 heterocycles. The summed E-state index contributed by atoms with van der Waals surface area (Å²) in [5.41, 5.74) is 4.59. The molecule has 1 aromatic heterocycles. The van der Waals surface area contributed by atoms with E-state index in [1.807, 2.05) is 0 Å². The highest BCUT2D eigenvalue weighted by Crippen LogP contribution is 2.27. The normalized spacial score (nSPS) is 11.2. The van der Waals surface area contributed by atoms with Gasteiger partial charge < -0.3 is 14.5 Å². The second-order valence-electron chi connectivity index (χ2n) is 6.77. The van der Waals surface area contributed by atoms with Crippen LogP contribution in [0.5, 0.6) is 5.75 Å². The average Bonchev–Trinajstić information content (AvgIpc) is 3.32. The number of hydrazone groups is 1. The number of anilines is 1. The molecule has 0 aliphatic rings. The van der Waals surface area contributed by atoms with Crippen molar-refractivity contribution in [2.24, 2.45) is 5.10 Å². The van der Waals surface area contributed by atoms with Crippen molar-refractivity contribution in [3.63, 3.8) is 0 Å². The van der Waals surface area contributed by atoms with Gasteiger partial charge in [0.25, 0.3) is 5.91 Å². The number of carbonyl (C=O) groups is 2. The van der Waals surface area contributed by atoms with Crippen LogP contribution in [0.4, 0.5) is 5.69 Å². The summed E-state index contributed by atoms with van der Waals surface area (Å²) in [4.78, 5) is 24.0. The van der Waals surface area contributed by atoms with E-state index in [4.69, 9.17) is 32.4 Å². The number of halogens is 2. The van der Waals surface area contributed by atoms with Gasteiger partial charge in [-0.25, -0.2) is 5.43 Å². The van der Waals surface area contributed by atoms with E-state index < -0.39 is 0 Å². The molecule has 2 N–H and O–H groups in total. The zero-order chi connectivity index (χ0) is 22.9. The first-order valence-corrected chi connectivity index (χ1v) is 10.5. The van der Waals surface area contributed by atoms with Gasteiger partial charge >= 0.3 is 0 Å². The summed E-state index contributed by atoms with van der Waals surface area (Å²) in [6.45, 7) is 2.12. The number of hydrogen-bond donors (Lipinski definition) is 2. The zero-order valence-electron chi connectivity index (χ0n) is 17.2. The smallest absolute Gasteiger partial charge is 0.291 e. The molecule has 0 aliphatic heterocycles. The predicted molar refractivity (Wildman–Crippen MR) is 125 cm³/mol.